The third kappa shape index (κ3) is 4.89. The van der Waals surface area contributed by atoms with Crippen LogP contribution in [0.1, 0.15) is 58.3 Å². The minimum absolute atomic E-state index is 0.907. The Hall–Kier alpha value is -0.0800. The number of hydrogen-bond acceptors (Lipinski definition) is 2. The van der Waals surface area contributed by atoms with Gasteiger partial charge < -0.3 is 10.2 Å². The summed E-state index contributed by atoms with van der Waals surface area (Å²) in [5.74, 6) is 1.95. The van der Waals surface area contributed by atoms with Crippen molar-refractivity contribution in [1.82, 2.24) is 10.2 Å². The van der Waals surface area contributed by atoms with E-state index in [1.54, 1.807) is 0 Å². The van der Waals surface area contributed by atoms with E-state index in [2.05, 4.69) is 17.1 Å². The fourth-order valence-electron chi connectivity index (χ4n) is 3.66. The summed E-state index contributed by atoms with van der Waals surface area (Å²) < 4.78 is 0. The third-order valence-electron chi connectivity index (χ3n) is 4.94. The summed E-state index contributed by atoms with van der Waals surface area (Å²) in [6.07, 6.45) is 11.7. The number of nitrogens with one attached hydrogen (secondary N) is 1. The van der Waals surface area contributed by atoms with E-state index >= 15 is 0 Å². The number of nitrogens with zero attached hydrogens (tertiary/aromatic N) is 1. The van der Waals surface area contributed by atoms with E-state index in [4.69, 9.17) is 0 Å². The minimum Gasteiger partial charge on any atom is -0.316 e. The summed E-state index contributed by atoms with van der Waals surface area (Å²) in [5, 5.41) is 3.54. The summed E-state index contributed by atoms with van der Waals surface area (Å²) in [6.45, 7) is 8.73. The Morgan fingerprint density at radius 3 is 2.44 bits per heavy atom. The normalized spacial score (nSPS) is 26.7. The Balaban J connectivity index is 1.64. The van der Waals surface area contributed by atoms with Gasteiger partial charge in [0.15, 0.2) is 0 Å². The number of rotatable bonds is 6. The van der Waals surface area contributed by atoms with Crippen LogP contribution < -0.4 is 5.32 Å². The van der Waals surface area contributed by atoms with Gasteiger partial charge in [-0.15, -0.1) is 0 Å². The molecule has 0 amide bonds. The van der Waals surface area contributed by atoms with E-state index in [1.807, 2.05) is 0 Å². The molecule has 1 aliphatic heterocycles. The van der Waals surface area contributed by atoms with Crippen molar-refractivity contribution in [2.75, 3.05) is 32.7 Å². The zero-order chi connectivity index (χ0) is 12.6. The molecule has 0 bridgehead atoms. The average molecular weight is 252 g/mol. The quantitative estimate of drug-likeness (QED) is 0.780. The maximum absolute atomic E-state index is 3.54. The zero-order valence-electron chi connectivity index (χ0n) is 12.3. The molecule has 1 saturated carbocycles. The van der Waals surface area contributed by atoms with Gasteiger partial charge in [-0.1, -0.05) is 39.0 Å². The average Bonchev–Trinajstić information content (AvgIpc) is 2.45. The van der Waals surface area contributed by atoms with Crippen LogP contribution in [-0.2, 0) is 0 Å². The molecule has 1 aliphatic carbocycles. The molecule has 1 atom stereocenters. The van der Waals surface area contributed by atoms with Crippen LogP contribution in [0.5, 0.6) is 0 Å². The van der Waals surface area contributed by atoms with Gasteiger partial charge in [0, 0.05) is 6.54 Å². The van der Waals surface area contributed by atoms with Crippen molar-refractivity contribution in [3.63, 3.8) is 0 Å². The van der Waals surface area contributed by atoms with Crippen molar-refractivity contribution >= 4 is 0 Å². The monoisotopic (exact) mass is 252 g/mol. The van der Waals surface area contributed by atoms with Gasteiger partial charge in [0.25, 0.3) is 0 Å². The Labute approximate surface area is 114 Å². The van der Waals surface area contributed by atoms with Crippen LogP contribution in [0.15, 0.2) is 0 Å². The molecular weight excluding hydrogens is 220 g/mol. The zero-order valence-corrected chi connectivity index (χ0v) is 12.3. The van der Waals surface area contributed by atoms with Gasteiger partial charge >= 0.3 is 0 Å². The molecular formula is C16H32N2. The lowest BCUT2D eigenvalue weighted by atomic mass is 9.87. The highest BCUT2D eigenvalue weighted by atomic mass is 15.1. The fourth-order valence-corrected chi connectivity index (χ4v) is 3.66. The Bertz CT molecular complexity index is 205. The molecule has 2 heteroatoms. The molecule has 1 N–H and O–H groups in total. The largest absolute Gasteiger partial charge is 0.316 e. The smallest absolute Gasteiger partial charge is 0.00217 e. The standard InChI is InChI=1S/C16H32N2/c1-2-18(14-16-9-6-11-17-13-16)12-10-15-7-4-3-5-8-15/h15-17H,2-14H2,1H3. The second kappa shape index (κ2) is 8.16. The predicted molar refractivity (Wildman–Crippen MR) is 78.9 cm³/mol. The maximum Gasteiger partial charge on any atom is 0.00217 e. The van der Waals surface area contributed by atoms with Crippen LogP contribution in [0.25, 0.3) is 0 Å². The van der Waals surface area contributed by atoms with Crippen LogP contribution >= 0.6 is 0 Å². The predicted octanol–water partition coefficient (Wildman–Crippen LogP) is 3.28. The number of piperidine rings is 1. The molecule has 1 unspecified atom stereocenters. The second-order valence-electron chi connectivity index (χ2n) is 6.40. The van der Waals surface area contributed by atoms with Crippen molar-refractivity contribution in [3.8, 4) is 0 Å². The summed E-state index contributed by atoms with van der Waals surface area (Å²) in [6, 6.07) is 0. The van der Waals surface area contributed by atoms with Gasteiger partial charge in [-0.2, -0.15) is 0 Å². The minimum atomic E-state index is 0.907. The highest BCUT2D eigenvalue weighted by Crippen LogP contribution is 2.26. The topological polar surface area (TPSA) is 15.3 Å². The van der Waals surface area contributed by atoms with Gasteiger partial charge in [0.2, 0.25) is 0 Å². The van der Waals surface area contributed by atoms with Gasteiger partial charge in [0.05, 0.1) is 0 Å². The molecule has 0 spiro atoms. The lowest BCUT2D eigenvalue weighted by Crippen LogP contribution is -2.39. The third-order valence-corrected chi connectivity index (χ3v) is 4.94. The highest BCUT2D eigenvalue weighted by Gasteiger charge is 2.18. The lowest BCUT2D eigenvalue weighted by Gasteiger charge is -2.31. The molecule has 2 aliphatic rings. The SMILES string of the molecule is CCN(CCC1CCCCC1)CC1CCCNC1. The molecule has 1 heterocycles. The molecule has 0 aromatic heterocycles. The molecule has 2 nitrogen and oxygen atoms in total. The Morgan fingerprint density at radius 1 is 1.00 bits per heavy atom. The first kappa shape index (κ1) is 14.3. The van der Waals surface area contributed by atoms with E-state index in [0.29, 0.717) is 0 Å². The van der Waals surface area contributed by atoms with Gasteiger partial charge in [-0.25, -0.2) is 0 Å². The molecule has 18 heavy (non-hydrogen) atoms. The molecule has 0 aromatic rings. The van der Waals surface area contributed by atoms with Crippen molar-refractivity contribution in [2.45, 2.75) is 58.3 Å². The second-order valence-corrected chi connectivity index (χ2v) is 6.40. The molecule has 0 aromatic carbocycles. The first-order valence-corrected chi connectivity index (χ1v) is 8.31. The van der Waals surface area contributed by atoms with Crippen LogP contribution in [0.2, 0.25) is 0 Å². The van der Waals surface area contributed by atoms with Gasteiger partial charge in [-0.05, 0) is 57.3 Å². The van der Waals surface area contributed by atoms with Crippen LogP contribution in [-0.4, -0.2) is 37.6 Å². The summed E-state index contributed by atoms with van der Waals surface area (Å²) >= 11 is 0. The first-order chi connectivity index (χ1) is 8.88. The van der Waals surface area contributed by atoms with Gasteiger partial charge in [0.1, 0.15) is 0 Å². The summed E-state index contributed by atoms with van der Waals surface area (Å²) in [4.78, 5) is 2.70. The maximum atomic E-state index is 3.54. The highest BCUT2D eigenvalue weighted by molar-refractivity contribution is 4.74. The van der Waals surface area contributed by atoms with E-state index in [-0.39, 0.29) is 0 Å². The van der Waals surface area contributed by atoms with Crippen LogP contribution in [0.4, 0.5) is 0 Å². The first-order valence-electron chi connectivity index (χ1n) is 8.31. The van der Waals surface area contributed by atoms with Crippen LogP contribution in [0.3, 0.4) is 0 Å². The fraction of sp³-hybridized carbons (Fsp3) is 1.00. The van der Waals surface area contributed by atoms with E-state index in [9.17, 15) is 0 Å². The molecule has 0 radical (unpaired) electrons. The molecule has 2 rings (SSSR count). The Kier molecular flexibility index (Phi) is 6.50. The number of hydrogen-bond donors (Lipinski definition) is 1. The van der Waals surface area contributed by atoms with Crippen molar-refractivity contribution in [3.05, 3.63) is 0 Å². The van der Waals surface area contributed by atoms with E-state index < -0.39 is 0 Å². The van der Waals surface area contributed by atoms with Crippen LogP contribution in [0, 0.1) is 11.8 Å². The molecule has 1 saturated heterocycles. The summed E-state index contributed by atoms with van der Waals surface area (Å²) in [5.41, 5.74) is 0. The van der Waals surface area contributed by atoms with Gasteiger partial charge in [-0.3, -0.25) is 0 Å². The summed E-state index contributed by atoms with van der Waals surface area (Å²) in [7, 11) is 0. The van der Waals surface area contributed by atoms with Crippen molar-refractivity contribution in [1.29, 1.82) is 0 Å². The Morgan fingerprint density at radius 2 is 1.78 bits per heavy atom. The molecule has 106 valence electrons. The van der Waals surface area contributed by atoms with Crippen molar-refractivity contribution in [2.24, 2.45) is 11.8 Å². The van der Waals surface area contributed by atoms with Crippen molar-refractivity contribution < 1.29 is 0 Å². The molecule has 2 fully saturated rings. The van der Waals surface area contributed by atoms with E-state index in [1.165, 1.54) is 84.1 Å². The lowest BCUT2D eigenvalue weighted by molar-refractivity contribution is 0.194. The van der Waals surface area contributed by atoms with E-state index in [0.717, 1.165) is 11.8 Å².